The third-order valence-corrected chi connectivity index (χ3v) is 4.54. The zero-order chi connectivity index (χ0) is 12.8. The molecular formula is C13H23N3OS. The summed E-state index contributed by atoms with van der Waals surface area (Å²) >= 11 is 1.81. The topological polar surface area (TPSA) is 46.2 Å². The van der Waals surface area contributed by atoms with Crippen molar-refractivity contribution in [1.29, 1.82) is 0 Å². The molecule has 2 rings (SSSR count). The Kier molecular flexibility index (Phi) is 5.56. The number of nitrogens with one attached hydrogen (secondary N) is 2. The second kappa shape index (κ2) is 7.19. The van der Waals surface area contributed by atoms with Crippen LogP contribution in [0.3, 0.4) is 0 Å². The smallest absolute Gasteiger partial charge is 0.109 e. The van der Waals surface area contributed by atoms with Gasteiger partial charge in [0.05, 0.1) is 18.8 Å². The molecule has 0 amide bonds. The first-order chi connectivity index (χ1) is 8.79. The van der Waals surface area contributed by atoms with Crippen LogP contribution < -0.4 is 10.6 Å². The Morgan fingerprint density at radius 2 is 2.56 bits per heavy atom. The Hall–Kier alpha value is -0.490. The van der Waals surface area contributed by atoms with Crippen molar-refractivity contribution < 1.29 is 4.74 Å². The lowest BCUT2D eigenvalue weighted by Crippen LogP contribution is -2.40. The third-order valence-electron chi connectivity index (χ3n) is 3.21. The predicted octanol–water partition coefficient (Wildman–Crippen LogP) is 1.73. The van der Waals surface area contributed by atoms with E-state index >= 15 is 0 Å². The lowest BCUT2D eigenvalue weighted by molar-refractivity contribution is 0.0235. The van der Waals surface area contributed by atoms with Crippen molar-refractivity contribution in [3.63, 3.8) is 0 Å². The average Bonchev–Trinajstić information content (AvgIpc) is 2.89. The van der Waals surface area contributed by atoms with E-state index < -0.39 is 0 Å². The van der Waals surface area contributed by atoms with Gasteiger partial charge in [0.2, 0.25) is 0 Å². The van der Waals surface area contributed by atoms with Gasteiger partial charge in [-0.1, -0.05) is 6.92 Å². The van der Waals surface area contributed by atoms with Gasteiger partial charge in [0.1, 0.15) is 5.01 Å². The highest BCUT2D eigenvalue weighted by Crippen LogP contribution is 2.20. The van der Waals surface area contributed by atoms with Gasteiger partial charge in [-0.3, -0.25) is 0 Å². The molecule has 1 saturated heterocycles. The highest BCUT2D eigenvalue weighted by atomic mass is 32.1. The largest absolute Gasteiger partial charge is 0.376 e. The van der Waals surface area contributed by atoms with Gasteiger partial charge in [0, 0.05) is 24.2 Å². The molecule has 2 unspecified atom stereocenters. The fraction of sp³-hybridized carbons (Fsp3) is 0.769. The lowest BCUT2D eigenvalue weighted by Gasteiger charge is -2.24. The lowest BCUT2D eigenvalue weighted by atomic mass is 10.2. The number of nitrogens with zero attached hydrogens (tertiary/aromatic N) is 1. The number of ether oxygens (including phenoxy) is 1. The van der Waals surface area contributed by atoms with Gasteiger partial charge in [-0.2, -0.15) is 0 Å². The first kappa shape index (κ1) is 13.9. The molecule has 0 spiro atoms. The summed E-state index contributed by atoms with van der Waals surface area (Å²) < 4.78 is 5.67. The molecule has 1 fully saturated rings. The molecule has 2 atom stereocenters. The van der Waals surface area contributed by atoms with Crippen LogP contribution in [-0.4, -0.2) is 37.3 Å². The molecule has 4 nitrogen and oxygen atoms in total. The molecule has 102 valence electrons. The fourth-order valence-corrected chi connectivity index (χ4v) is 2.92. The predicted molar refractivity (Wildman–Crippen MR) is 75.1 cm³/mol. The molecule has 1 aromatic heterocycles. The molecule has 1 aliphatic heterocycles. The number of thiazole rings is 1. The summed E-state index contributed by atoms with van der Waals surface area (Å²) in [7, 11) is 0. The van der Waals surface area contributed by atoms with Gasteiger partial charge in [-0.05, 0) is 26.3 Å². The van der Waals surface area contributed by atoms with Crippen LogP contribution in [0.1, 0.15) is 36.2 Å². The van der Waals surface area contributed by atoms with Crippen LogP contribution in [0.15, 0.2) is 6.20 Å². The zero-order valence-electron chi connectivity index (χ0n) is 11.2. The molecule has 0 radical (unpaired) electrons. The standard InChI is InChI=1S/C13H23N3OS/c1-3-12-9-16-13(18-12)10(2)15-5-4-11-8-14-6-7-17-11/h9-11,14-15H,3-8H2,1-2H3. The van der Waals surface area contributed by atoms with Crippen LogP contribution in [0, 0.1) is 0 Å². The number of aromatic nitrogens is 1. The number of hydrogen-bond acceptors (Lipinski definition) is 5. The van der Waals surface area contributed by atoms with E-state index in [0.717, 1.165) is 39.1 Å². The maximum absolute atomic E-state index is 5.67. The van der Waals surface area contributed by atoms with Gasteiger partial charge in [-0.25, -0.2) is 4.98 Å². The van der Waals surface area contributed by atoms with Gasteiger partial charge in [0.25, 0.3) is 0 Å². The molecule has 0 bridgehead atoms. The van der Waals surface area contributed by atoms with Gasteiger partial charge >= 0.3 is 0 Å². The summed E-state index contributed by atoms with van der Waals surface area (Å²) in [5, 5.41) is 8.07. The minimum absolute atomic E-state index is 0.340. The Bertz CT molecular complexity index is 350. The molecule has 1 aliphatic rings. The van der Waals surface area contributed by atoms with E-state index in [2.05, 4.69) is 29.5 Å². The Balaban J connectivity index is 1.69. The van der Waals surface area contributed by atoms with E-state index in [4.69, 9.17) is 4.74 Å². The van der Waals surface area contributed by atoms with Crippen LogP contribution in [-0.2, 0) is 11.2 Å². The van der Waals surface area contributed by atoms with E-state index in [1.54, 1.807) is 0 Å². The Labute approximate surface area is 113 Å². The molecule has 1 aromatic rings. The van der Waals surface area contributed by atoms with E-state index in [-0.39, 0.29) is 0 Å². The second-order valence-corrected chi connectivity index (χ2v) is 5.83. The van der Waals surface area contributed by atoms with Gasteiger partial charge in [-0.15, -0.1) is 11.3 Å². The van der Waals surface area contributed by atoms with Crippen molar-refractivity contribution in [2.24, 2.45) is 0 Å². The molecule has 2 heterocycles. The van der Waals surface area contributed by atoms with Gasteiger partial charge in [0.15, 0.2) is 0 Å². The summed E-state index contributed by atoms with van der Waals surface area (Å²) in [6, 6.07) is 0.340. The Morgan fingerprint density at radius 1 is 1.67 bits per heavy atom. The SMILES string of the molecule is CCc1cnc(C(C)NCCC2CNCCO2)s1. The summed E-state index contributed by atoms with van der Waals surface area (Å²) in [6.07, 6.45) is 4.49. The maximum atomic E-state index is 5.67. The second-order valence-electron chi connectivity index (χ2n) is 4.68. The number of morpholine rings is 1. The quantitative estimate of drug-likeness (QED) is 0.826. The minimum atomic E-state index is 0.340. The highest BCUT2D eigenvalue weighted by molar-refractivity contribution is 7.11. The zero-order valence-corrected chi connectivity index (χ0v) is 12.1. The van der Waals surface area contributed by atoms with Crippen LogP contribution >= 0.6 is 11.3 Å². The van der Waals surface area contributed by atoms with E-state index in [9.17, 15) is 0 Å². The monoisotopic (exact) mass is 269 g/mol. The molecule has 0 saturated carbocycles. The molecular weight excluding hydrogens is 246 g/mol. The highest BCUT2D eigenvalue weighted by Gasteiger charge is 2.14. The summed E-state index contributed by atoms with van der Waals surface area (Å²) in [5.41, 5.74) is 0. The van der Waals surface area contributed by atoms with E-state index in [1.165, 1.54) is 9.88 Å². The van der Waals surface area contributed by atoms with Crippen molar-refractivity contribution in [3.05, 3.63) is 16.1 Å². The number of aryl methyl sites for hydroxylation is 1. The molecule has 2 N–H and O–H groups in total. The Morgan fingerprint density at radius 3 is 3.22 bits per heavy atom. The minimum Gasteiger partial charge on any atom is -0.376 e. The molecule has 5 heteroatoms. The van der Waals surface area contributed by atoms with Crippen LogP contribution in [0.4, 0.5) is 0 Å². The van der Waals surface area contributed by atoms with Crippen LogP contribution in [0.5, 0.6) is 0 Å². The molecule has 18 heavy (non-hydrogen) atoms. The van der Waals surface area contributed by atoms with Crippen molar-refractivity contribution in [1.82, 2.24) is 15.6 Å². The number of hydrogen-bond donors (Lipinski definition) is 2. The maximum Gasteiger partial charge on any atom is 0.109 e. The van der Waals surface area contributed by atoms with Gasteiger partial charge < -0.3 is 15.4 Å². The first-order valence-electron chi connectivity index (χ1n) is 6.80. The van der Waals surface area contributed by atoms with Crippen molar-refractivity contribution in [3.8, 4) is 0 Å². The van der Waals surface area contributed by atoms with E-state index in [0.29, 0.717) is 12.1 Å². The van der Waals surface area contributed by atoms with Crippen molar-refractivity contribution >= 4 is 11.3 Å². The summed E-state index contributed by atoms with van der Waals surface area (Å²) in [4.78, 5) is 5.82. The van der Waals surface area contributed by atoms with E-state index in [1.807, 2.05) is 17.5 Å². The van der Waals surface area contributed by atoms with Crippen LogP contribution in [0.25, 0.3) is 0 Å². The van der Waals surface area contributed by atoms with Crippen LogP contribution in [0.2, 0.25) is 0 Å². The van der Waals surface area contributed by atoms with Crippen molar-refractivity contribution in [2.45, 2.75) is 38.8 Å². The molecule has 0 aromatic carbocycles. The first-order valence-corrected chi connectivity index (χ1v) is 7.61. The average molecular weight is 269 g/mol. The third kappa shape index (κ3) is 4.02. The number of rotatable bonds is 6. The summed E-state index contributed by atoms with van der Waals surface area (Å²) in [6.45, 7) is 8.13. The fourth-order valence-electron chi connectivity index (χ4n) is 2.04. The normalized spacial score (nSPS) is 22.0. The summed E-state index contributed by atoms with van der Waals surface area (Å²) in [5.74, 6) is 0. The van der Waals surface area contributed by atoms with Crippen molar-refractivity contribution in [2.75, 3.05) is 26.2 Å². The molecule has 0 aliphatic carbocycles.